The third-order valence-electron chi connectivity index (χ3n) is 4.64. The summed E-state index contributed by atoms with van der Waals surface area (Å²) in [5.74, 6) is 1.65. The van der Waals surface area contributed by atoms with Gasteiger partial charge in [-0.3, -0.25) is 0 Å². The quantitative estimate of drug-likeness (QED) is 0.655. The lowest BCUT2D eigenvalue weighted by Gasteiger charge is -2.33. The van der Waals surface area contributed by atoms with Gasteiger partial charge in [0.2, 0.25) is 5.88 Å². The summed E-state index contributed by atoms with van der Waals surface area (Å²) in [6, 6.07) is 10.4. The number of piperazine rings is 1. The fourth-order valence-corrected chi connectivity index (χ4v) is 4.15. The lowest BCUT2D eigenvalue weighted by atomic mass is 10.3. The Balaban J connectivity index is 1.54. The molecule has 0 unspecified atom stereocenters. The zero-order valence-corrected chi connectivity index (χ0v) is 18.3. The Morgan fingerprint density at radius 1 is 1.10 bits per heavy atom. The lowest BCUT2D eigenvalue weighted by Crippen LogP contribution is -2.53. The van der Waals surface area contributed by atoms with Crippen LogP contribution in [0.25, 0.3) is 0 Å². The van der Waals surface area contributed by atoms with Crippen LogP contribution < -0.4 is 14.2 Å². The van der Waals surface area contributed by atoms with Crippen molar-refractivity contribution in [1.82, 2.24) is 18.9 Å². The number of carbonyl (C=O) groups excluding carboxylic acids is 1. The van der Waals surface area contributed by atoms with E-state index >= 15 is 0 Å². The number of nitrogens with zero attached hydrogens (tertiary/aromatic N) is 3. The van der Waals surface area contributed by atoms with Gasteiger partial charge < -0.3 is 19.1 Å². The zero-order valence-electron chi connectivity index (χ0n) is 17.5. The number of methoxy groups -OCH3 is 1. The molecular weight excluding hydrogens is 424 g/mol. The van der Waals surface area contributed by atoms with Gasteiger partial charge in [0.25, 0.3) is 10.2 Å². The predicted molar refractivity (Wildman–Crippen MR) is 113 cm³/mol. The first-order chi connectivity index (χ1) is 14.9. The molecule has 1 saturated heterocycles. The molecule has 3 rings (SSSR count). The molecule has 2 heterocycles. The normalized spacial score (nSPS) is 14.8. The number of aromatic nitrogens is 1. The second-order valence-corrected chi connectivity index (χ2v) is 8.45. The largest absolute Gasteiger partial charge is 0.497 e. The minimum Gasteiger partial charge on any atom is -0.497 e. The minimum absolute atomic E-state index is 0.0852. The van der Waals surface area contributed by atoms with Crippen molar-refractivity contribution in [3.05, 3.63) is 48.2 Å². The van der Waals surface area contributed by atoms with Gasteiger partial charge in [-0.05, 0) is 42.8 Å². The first-order valence-electron chi connectivity index (χ1n) is 9.84. The molecule has 10 nitrogen and oxygen atoms in total. The van der Waals surface area contributed by atoms with Crippen LogP contribution in [-0.4, -0.2) is 68.6 Å². The molecule has 31 heavy (non-hydrogen) atoms. The maximum atomic E-state index is 12.6. The van der Waals surface area contributed by atoms with Crippen LogP contribution in [0.2, 0.25) is 0 Å². The van der Waals surface area contributed by atoms with Gasteiger partial charge >= 0.3 is 6.09 Å². The molecule has 1 aromatic heterocycles. The Labute approximate surface area is 181 Å². The van der Waals surface area contributed by atoms with Crippen molar-refractivity contribution < 1.29 is 27.4 Å². The van der Waals surface area contributed by atoms with Crippen LogP contribution in [-0.2, 0) is 21.5 Å². The zero-order chi connectivity index (χ0) is 22.3. The number of rotatable bonds is 8. The Hall–Kier alpha value is -2.89. The smallest absolute Gasteiger partial charge is 0.409 e. The van der Waals surface area contributed by atoms with E-state index in [2.05, 4.69) is 9.71 Å². The number of carbonyl (C=O) groups is 1. The third-order valence-corrected chi connectivity index (χ3v) is 6.20. The fourth-order valence-electron chi connectivity index (χ4n) is 2.97. The maximum absolute atomic E-state index is 12.6. The summed E-state index contributed by atoms with van der Waals surface area (Å²) in [5, 5.41) is 0. The Morgan fingerprint density at radius 2 is 1.77 bits per heavy atom. The predicted octanol–water partition coefficient (Wildman–Crippen LogP) is 1.99. The van der Waals surface area contributed by atoms with Crippen molar-refractivity contribution in [1.29, 1.82) is 0 Å². The van der Waals surface area contributed by atoms with Gasteiger partial charge in [-0.25, -0.2) is 9.78 Å². The van der Waals surface area contributed by atoms with E-state index in [1.807, 2.05) is 0 Å². The monoisotopic (exact) mass is 450 g/mol. The van der Waals surface area contributed by atoms with E-state index < -0.39 is 16.3 Å². The van der Waals surface area contributed by atoms with Gasteiger partial charge in [0.15, 0.2) is 0 Å². The number of ether oxygens (including phenoxy) is 3. The maximum Gasteiger partial charge on any atom is 0.409 e. The van der Waals surface area contributed by atoms with E-state index in [1.165, 1.54) is 9.21 Å². The Morgan fingerprint density at radius 3 is 2.42 bits per heavy atom. The van der Waals surface area contributed by atoms with Crippen molar-refractivity contribution in [3.63, 3.8) is 0 Å². The van der Waals surface area contributed by atoms with Crippen LogP contribution in [0.5, 0.6) is 17.4 Å². The molecule has 1 aromatic carbocycles. The topological polar surface area (TPSA) is 110 Å². The highest BCUT2D eigenvalue weighted by atomic mass is 32.2. The molecule has 0 bridgehead atoms. The van der Waals surface area contributed by atoms with Crippen LogP contribution in [0.4, 0.5) is 4.79 Å². The molecule has 1 aliphatic heterocycles. The van der Waals surface area contributed by atoms with Crippen LogP contribution >= 0.6 is 0 Å². The first-order valence-corrected chi connectivity index (χ1v) is 11.3. The van der Waals surface area contributed by atoms with Gasteiger partial charge in [-0.15, -0.1) is 0 Å². The van der Waals surface area contributed by atoms with Crippen molar-refractivity contribution >= 4 is 16.3 Å². The molecule has 0 saturated carbocycles. The lowest BCUT2D eigenvalue weighted by molar-refractivity contribution is 0.0932. The third kappa shape index (κ3) is 6.29. The number of pyridine rings is 1. The van der Waals surface area contributed by atoms with Crippen molar-refractivity contribution in [3.8, 4) is 17.4 Å². The SMILES string of the molecule is CCOC(=O)N1CCN(S(=O)(=O)NCc2ccnc(Oc3ccc(OC)cc3)c2)CC1. The van der Waals surface area contributed by atoms with Gasteiger partial charge in [0.1, 0.15) is 11.5 Å². The van der Waals surface area contributed by atoms with E-state index in [1.54, 1.807) is 56.6 Å². The summed E-state index contributed by atoms with van der Waals surface area (Å²) < 4.78 is 44.9. The second-order valence-electron chi connectivity index (χ2n) is 6.69. The van der Waals surface area contributed by atoms with Gasteiger partial charge in [0.05, 0.1) is 13.7 Å². The average molecular weight is 451 g/mol. The minimum atomic E-state index is -3.69. The van der Waals surface area contributed by atoms with E-state index in [0.29, 0.717) is 22.9 Å². The molecule has 0 spiro atoms. The van der Waals surface area contributed by atoms with E-state index in [9.17, 15) is 13.2 Å². The van der Waals surface area contributed by atoms with Crippen LogP contribution in [0.1, 0.15) is 12.5 Å². The summed E-state index contributed by atoms with van der Waals surface area (Å²) in [4.78, 5) is 17.4. The number of benzene rings is 1. The van der Waals surface area contributed by atoms with Crippen molar-refractivity contribution in [2.45, 2.75) is 13.5 Å². The number of hydrogen-bond acceptors (Lipinski definition) is 7. The molecule has 1 amide bonds. The van der Waals surface area contributed by atoms with Gasteiger partial charge in [-0.2, -0.15) is 17.4 Å². The fraction of sp³-hybridized carbons (Fsp3) is 0.400. The van der Waals surface area contributed by atoms with E-state index in [-0.39, 0.29) is 39.3 Å². The molecule has 0 radical (unpaired) electrons. The highest BCUT2D eigenvalue weighted by Crippen LogP contribution is 2.23. The molecule has 1 N–H and O–H groups in total. The molecular formula is C20H26N4O6S. The summed E-state index contributed by atoms with van der Waals surface area (Å²) in [6.07, 6.45) is 1.13. The molecule has 11 heteroatoms. The molecule has 2 aromatic rings. The highest BCUT2D eigenvalue weighted by Gasteiger charge is 2.29. The molecule has 0 atom stereocenters. The standard InChI is InChI=1S/C20H26N4O6S/c1-3-29-20(25)23-10-12-24(13-11-23)31(26,27)22-15-16-8-9-21-19(14-16)30-18-6-4-17(28-2)5-7-18/h4-9,14,22H,3,10-13,15H2,1-2H3. The summed E-state index contributed by atoms with van der Waals surface area (Å²) in [5.41, 5.74) is 0.701. The number of hydrogen-bond donors (Lipinski definition) is 1. The Kier molecular flexibility index (Phi) is 7.66. The molecule has 0 aliphatic carbocycles. The molecule has 168 valence electrons. The number of amides is 1. The van der Waals surface area contributed by atoms with Crippen LogP contribution in [0.3, 0.4) is 0 Å². The number of nitrogens with one attached hydrogen (secondary N) is 1. The summed E-state index contributed by atoms with van der Waals surface area (Å²) in [6.45, 7) is 3.09. The Bertz CT molecular complexity index is 975. The summed E-state index contributed by atoms with van der Waals surface area (Å²) >= 11 is 0. The average Bonchev–Trinajstić information content (AvgIpc) is 2.79. The second kappa shape index (κ2) is 10.4. The van der Waals surface area contributed by atoms with Gasteiger partial charge in [-0.1, -0.05) is 0 Å². The van der Waals surface area contributed by atoms with Crippen LogP contribution in [0.15, 0.2) is 42.6 Å². The first kappa shape index (κ1) is 22.8. The molecule has 1 fully saturated rings. The molecule has 1 aliphatic rings. The van der Waals surface area contributed by atoms with Crippen LogP contribution in [0, 0.1) is 0 Å². The van der Waals surface area contributed by atoms with Gasteiger partial charge in [0, 0.05) is 45.0 Å². The van der Waals surface area contributed by atoms with E-state index in [0.717, 1.165) is 0 Å². The summed E-state index contributed by atoms with van der Waals surface area (Å²) in [7, 11) is -2.11. The van der Waals surface area contributed by atoms with Crippen molar-refractivity contribution in [2.24, 2.45) is 0 Å². The van der Waals surface area contributed by atoms with E-state index in [4.69, 9.17) is 14.2 Å². The highest BCUT2D eigenvalue weighted by molar-refractivity contribution is 7.87. The van der Waals surface area contributed by atoms with Crippen molar-refractivity contribution in [2.75, 3.05) is 39.9 Å².